The van der Waals surface area contributed by atoms with Crippen LogP contribution in [0.15, 0.2) is 29.6 Å². The van der Waals surface area contributed by atoms with Crippen molar-refractivity contribution in [2.24, 2.45) is 0 Å². The lowest BCUT2D eigenvalue weighted by atomic mass is 10.2. The highest BCUT2D eigenvalue weighted by Gasteiger charge is 2.06. The predicted molar refractivity (Wildman–Crippen MR) is 85.9 cm³/mol. The molecule has 1 atom stereocenters. The van der Waals surface area contributed by atoms with Gasteiger partial charge in [0, 0.05) is 18.5 Å². The number of aromatic nitrogens is 1. The molecule has 2 N–H and O–H groups in total. The summed E-state index contributed by atoms with van der Waals surface area (Å²) in [5.41, 5.74) is 2.30. The van der Waals surface area contributed by atoms with Gasteiger partial charge in [0.1, 0.15) is 18.5 Å². The number of aliphatic hydroxyl groups excluding tert-OH is 1. The van der Waals surface area contributed by atoms with Gasteiger partial charge >= 0.3 is 0 Å². The standard InChI is InChI=1S/C16H22N2O2S/c1-3-13-4-6-16(7-5-13)20-10-15(19)9-17-8-14-11-21-12(2)18-14/h4-7,11,15,17,19H,3,8-10H2,1-2H3. The van der Waals surface area contributed by atoms with Crippen LogP contribution in [0.5, 0.6) is 5.75 Å². The Kier molecular flexibility index (Phi) is 6.17. The molecule has 5 heteroatoms. The van der Waals surface area contributed by atoms with E-state index in [1.54, 1.807) is 11.3 Å². The van der Waals surface area contributed by atoms with E-state index < -0.39 is 6.10 Å². The maximum Gasteiger partial charge on any atom is 0.119 e. The van der Waals surface area contributed by atoms with Gasteiger partial charge in [-0.1, -0.05) is 19.1 Å². The minimum absolute atomic E-state index is 0.286. The first-order valence-electron chi connectivity index (χ1n) is 7.19. The Hall–Kier alpha value is -1.43. The van der Waals surface area contributed by atoms with Gasteiger partial charge in [-0.3, -0.25) is 0 Å². The molecule has 0 fully saturated rings. The molecule has 21 heavy (non-hydrogen) atoms. The van der Waals surface area contributed by atoms with E-state index in [1.165, 1.54) is 5.56 Å². The number of ether oxygens (including phenoxy) is 1. The molecule has 0 amide bonds. The van der Waals surface area contributed by atoms with Gasteiger partial charge in [0.15, 0.2) is 0 Å². The van der Waals surface area contributed by atoms with Crippen molar-refractivity contribution in [3.05, 3.63) is 45.9 Å². The fourth-order valence-electron chi connectivity index (χ4n) is 1.93. The first kappa shape index (κ1) is 15.9. The van der Waals surface area contributed by atoms with Crippen LogP contribution in [0, 0.1) is 6.92 Å². The lowest BCUT2D eigenvalue weighted by Crippen LogP contribution is -2.31. The fraction of sp³-hybridized carbons (Fsp3) is 0.438. The molecule has 0 spiro atoms. The highest BCUT2D eigenvalue weighted by Crippen LogP contribution is 2.12. The summed E-state index contributed by atoms with van der Waals surface area (Å²) < 4.78 is 5.57. The number of nitrogens with zero attached hydrogens (tertiary/aromatic N) is 1. The van der Waals surface area contributed by atoms with Gasteiger partial charge in [-0.25, -0.2) is 4.98 Å². The number of aryl methyl sites for hydroxylation is 2. The Morgan fingerprint density at radius 1 is 1.33 bits per heavy atom. The van der Waals surface area contributed by atoms with Crippen molar-refractivity contribution in [2.75, 3.05) is 13.2 Å². The van der Waals surface area contributed by atoms with Gasteiger partial charge in [0.05, 0.1) is 10.7 Å². The summed E-state index contributed by atoms with van der Waals surface area (Å²) in [4.78, 5) is 4.36. The number of thiazole rings is 1. The molecule has 0 aliphatic carbocycles. The SMILES string of the molecule is CCc1ccc(OCC(O)CNCc2csc(C)n2)cc1. The summed E-state index contributed by atoms with van der Waals surface area (Å²) in [5, 5.41) is 16.2. The van der Waals surface area contributed by atoms with Crippen LogP contribution in [0.2, 0.25) is 0 Å². The lowest BCUT2D eigenvalue weighted by molar-refractivity contribution is 0.106. The molecule has 0 radical (unpaired) electrons. The molecule has 1 heterocycles. The Balaban J connectivity index is 1.65. The predicted octanol–water partition coefficient (Wildman–Crippen LogP) is 2.54. The van der Waals surface area contributed by atoms with Crippen LogP contribution in [0.3, 0.4) is 0 Å². The van der Waals surface area contributed by atoms with Gasteiger partial charge in [-0.05, 0) is 31.0 Å². The molecule has 0 aliphatic rings. The van der Waals surface area contributed by atoms with Gasteiger partial charge < -0.3 is 15.2 Å². The molecule has 0 saturated carbocycles. The van der Waals surface area contributed by atoms with Crippen molar-refractivity contribution in [3.8, 4) is 5.75 Å². The zero-order chi connectivity index (χ0) is 15.1. The van der Waals surface area contributed by atoms with Crippen molar-refractivity contribution in [1.82, 2.24) is 10.3 Å². The van der Waals surface area contributed by atoms with E-state index in [4.69, 9.17) is 4.74 Å². The second-order valence-electron chi connectivity index (χ2n) is 4.95. The second-order valence-corrected chi connectivity index (χ2v) is 6.01. The third kappa shape index (κ3) is 5.46. The van der Waals surface area contributed by atoms with Crippen LogP contribution in [-0.4, -0.2) is 29.3 Å². The van der Waals surface area contributed by atoms with Crippen LogP contribution in [0.4, 0.5) is 0 Å². The van der Waals surface area contributed by atoms with E-state index in [2.05, 4.69) is 17.2 Å². The molecule has 1 aromatic heterocycles. The van der Waals surface area contributed by atoms with Crippen molar-refractivity contribution in [3.63, 3.8) is 0 Å². The molecule has 114 valence electrons. The van der Waals surface area contributed by atoms with E-state index >= 15 is 0 Å². The number of hydrogen-bond donors (Lipinski definition) is 2. The lowest BCUT2D eigenvalue weighted by Gasteiger charge is -2.13. The summed E-state index contributed by atoms with van der Waals surface area (Å²) in [5.74, 6) is 0.793. The quantitative estimate of drug-likeness (QED) is 0.787. The molecule has 2 rings (SSSR count). The maximum atomic E-state index is 9.89. The van der Waals surface area contributed by atoms with Crippen LogP contribution in [0.1, 0.15) is 23.2 Å². The minimum Gasteiger partial charge on any atom is -0.491 e. The molecule has 0 saturated heterocycles. The first-order valence-corrected chi connectivity index (χ1v) is 8.07. The highest BCUT2D eigenvalue weighted by molar-refractivity contribution is 7.09. The van der Waals surface area contributed by atoms with E-state index in [1.807, 2.05) is 36.6 Å². The molecule has 0 aliphatic heterocycles. The Labute approximate surface area is 129 Å². The van der Waals surface area contributed by atoms with Crippen molar-refractivity contribution >= 4 is 11.3 Å². The topological polar surface area (TPSA) is 54.4 Å². The monoisotopic (exact) mass is 306 g/mol. The minimum atomic E-state index is -0.532. The fourth-order valence-corrected chi connectivity index (χ4v) is 2.54. The summed E-state index contributed by atoms with van der Waals surface area (Å²) in [6.45, 7) is 5.56. The number of rotatable bonds is 8. The van der Waals surface area contributed by atoms with Crippen molar-refractivity contribution < 1.29 is 9.84 Å². The molecule has 1 unspecified atom stereocenters. The molecular weight excluding hydrogens is 284 g/mol. The van der Waals surface area contributed by atoms with Gasteiger partial charge in [0.2, 0.25) is 0 Å². The van der Waals surface area contributed by atoms with E-state index in [0.29, 0.717) is 13.1 Å². The van der Waals surface area contributed by atoms with Crippen LogP contribution >= 0.6 is 11.3 Å². The van der Waals surface area contributed by atoms with Crippen LogP contribution < -0.4 is 10.1 Å². The summed E-state index contributed by atoms with van der Waals surface area (Å²) >= 11 is 1.64. The normalized spacial score (nSPS) is 12.3. The summed E-state index contributed by atoms with van der Waals surface area (Å²) in [6, 6.07) is 7.98. The van der Waals surface area contributed by atoms with E-state index in [-0.39, 0.29) is 6.61 Å². The summed E-state index contributed by atoms with van der Waals surface area (Å²) in [6.07, 6.45) is 0.485. The third-order valence-corrected chi connectivity index (χ3v) is 3.95. The largest absolute Gasteiger partial charge is 0.491 e. The molecule has 0 bridgehead atoms. The number of hydrogen-bond acceptors (Lipinski definition) is 5. The highest BCUT2D eigenvalue weighted by atomic mass is 32.1. The average molecular weight is 306 g/mol. The van der Waals surface area contributed by atoms with Gasteiger partial charge in [-0.2, -0.15) is 0 Å². The Morgan fingerprint density at radius 2 is 2.10 bits per heavy atom. The first-order chi connectivity index (χ1) is 10.2. The summed E-state index contributed by atoms with van der Waals surface area (Å²) in [7, 11) is 0. The van der Waals surface area contributed by atoms with Crippen LogP contribution in [0.25, 0.3) is 0 Å². The smallest absolute Gasteiger partial charge is 0.119 e. The second kappa shape index (κ2) is 8.12. The molecule has 4 nitrogen and oxygen atoms in total. The van der Waals surface area contributed by atoms with Gasteiger partial charge in [-0.15, -0.1) is 11.3 Å². The Morgan fingerprint density at radius 3 is 2.71 bits per heavy atom. The van der Waals surface area contributed by atoms with Crippen molar-refractivity contribution in [1.29, 1.82) is 0 Å². The number of nitrogens with one attached hydrogen (secondary N) is 1. The number of aliphatic hydroxyl groups is 1. The maximum absolute atomic E-state index is 9.89. The Bertz CT molecular complexity index is 539. The van der Waals surface area contributed by atoms with Crippen LogP contribution in [-0.2, 0) is 13.0 Å². The van der Waals surface area contributed by atoms with E-state index in [9.17, 15) is 5.11 Å². The molecular formula is C16H22N2O2S. The van der Waals surface area contributed by atoms with E-state index in [0.717, 1.165) is 22.9 Å². The zero-order valence-electron chi connectivity index (χ0n) is 12.5. The molecule has 2 aromatic rings. The zero-order valence-corrected chi connectivity index (χ0v) is 13.3. The average Bonchev–Trinajstić information content (AvgIpc) is 2.91. The number of benzene rings is 1. The van der Waals surface area contributed by atoms with Gasteiger partial charge in [0.25, 0.3) is 0 Å². The van der Waals surface area contributed by atoms with Crippen molar-refractivity contribution in [2.45, 2.75) is 32.9 Å². The molecule has 1 aromatic carbocycles. The third-order valence-electron chi connectivity index (χ3n) is 3.13.